The largest absolute Gasteiger partial charge is 0.303 e. The van der Waals surface area contributed by atoms with Gasteiger partial charge in [-0.3, -0.25) is 0 Å². The lowest BCUT2D eigenvalue weighted by molar-refractivity contribution is 0.254. The molecule has 0 unspecified atom stereocenters. The van der Waals surface area contributed by atoms with Crippen molar-refractivity contribution in [3.63, 3.8) is 0 Å². The predicted octanol–water partition coefficient (Wildman–Crippen LogP) is 9.93. The molecule has 29 heavy (non-hydrogen) atoms. The molecule has 0 atom stereocenters. The third-order valence-corrected chi connectivity index (χ3v) is 6.48. The minimum atomic E-state index is 1.36. The number of hydrogen-bond acceptors (Lipinski definition) is 1. The van der Waals surface area contributed by atoms with Crippen LogP contribution in [0, 0.1) is 0 Å². The summed E-state index contributed by atoms with van der Waals surface area (Å²) in [5.74, 6) is 0. The van der Waals surface area contributed by atoms with Crippen molar-refractivity contribution in [1.29, 1.82) is 0 Å². The van der Waals surface area contributed by atoms with E-state index in [1.165, 1.54) is 161 Å². The quantitative estimate of drug-likeness (QED) is 0.136. The van der Waals surface area contributed by atoms with E-state index in [1.54, 1.807) is 0 Å². The average Bonchev–Trinajstić information content (AvgIpc) is 2.73. The fourth-order valence-electron chi connectivity index (χ4n) is 4.39. The van der Waals surface area contributed by atoms with Crippen LogP contribution in [-0.4, -0.2) is 24.5 Å². The summed E-state index contributed by atoms with van der Waals surface area (Å²) in [6.07, 6.45) is 31.7. The lowest BCUT2D eigenvalue weighted by atomic mass is 10.1. The highest BCUT2D eigenvalue weighted by atomic mass is 15.1. The molecule has 0 aromatic rings. The molecule has 0 aliphatic heterocycles. The van der Waals surface area contributed by atoms with Gasteiger partial charge in [0, 0.05) is 0 Å². The Bertz CT molecular complexity index is 253. The molecule has 0 heterocycles. The first-order valence-electron chi connectivity index (χ1n) is 14.1. The zero-order valence-electron chi connectivity index (χ0n) is 21.1. The van der Waals surface area contributed by atoms with E-state index in [0.29, 0.717) is 0 Å². The second kappa shape index (κ2) is 26.0. The van der Waals surface area contributed by atoms with Crippen molar-refractivity contribution in [1.82, 2.24) is 4.90 Å². The minimum absolute atomic E-state index is 1.36. The van der Waals surface area contributed by atoms with Crippen LogP contribution in [0.1, 0.15) is 162 Å². The molecule has 0 aliphatic rings. The Morgan fingerprint density at radius 3 is 0.759 bits per heavy atom. The second-order valence-electron chi connectivity index (χ2n) is 9.56. The first kappa shape index (κ1) is 29.0. The topological polar surface area (TPSA) is 3.24 Å². The third kappa shape index (κ3) is 24.1. The number of rotatable bonds is 25. The van der Waals surface area contributed by atoms with Gasteiger partial charge >= 0.3 is 0 Å². The lowest BCUT2D eigenvalue weighted by Crippen LogP contribution is -2.27. The molecule has 0 radical (unpaired) electrons. The van der Waals surface area contributed by atoms with E-state index in [2.05, 4.69) is 25.7 Å². The van der Waals surface area contributed by atoms with Crippen molar-refractivity contribution < 1.29 is 0 Å². The van der Waals surface area contributed by atoms with Gasteiger partial charge in [0.2, 0.25) is 0 Å². The van der Waals surface area contributed by atoms with E-state index in [0.717, 1.165) is 0 Å². The first-order valence-corrected chi connectivity index (χ1v) is 14.1. The van der Waals surface area contributed by atoms with Crippen molar-refractivity contribution in [2.45, 2.75) is 162 Å². The fourth-order valence-corrected chi connectivity index (χ4v) is 4.39. The molecule has 0 fully saturated rings. The average molecular weight is 410 g/mol. The van der Waals surface area contributed by atoms with Gasteiger partial charge in [-0.2, -0.15) is 0 Å². The van der Waals surface area contributed by atoms with Crippen molar-refractivity contribution >= 4 is 0 Å². The summed E-state index contributed by atoms with van der Waals surface area (Å²) in [7, 11) is 0. The molecular weight excluding hydrogens is 350 g/mol. The molecule has 1 heteroatoms. The summed E-state index contributed by atoms with van der Waals surface area (Å²) >= 11 is 0. The molecule has 0 rings (SSSR count). The summed E-state index contributed by atoms with van der Waals surface area (Å²) < 4.78 is 0. The third-order valence-electron chi connectivity index (χ3n) is 6.48. The van der Waals surface area contributed by atoms with Crippen molar-refractivity contribution in [3.05, 3.63) is 0 Å². The van der Waals surface area contributed by atoms with Crippen LogP contribution in [0.3, 0.4) is 0 Å². The van der Waals surface area contributed by atoms with Gasteiger partial charge < -0.3 is 4.90 Å². The molecule has 0 bridgehead atoms. The summed E-state index contributed by atoms with van der Waals surface area (Å²) in [5.41, 5.74) is 0. The van der Waals surface area contributed by atoms with Gasteiger partial charge in [0.15, 0.2) is 0 Å². The van der Waals surface area contributed by atoms with Crippen molar-refractivity contribution in [3.8, 4) is 0 Å². The summed E-state index contributed by atoms with van der Waals surface area (Å²) in [4.78, 5) is 2.80. The molecule has 0 N–H and O–H groups in total. The Kier molecular flexibility index (Phi) is 26.0. The standard InChI is InChI=1S/C28H59N/c1-4-7-10-13-15-17-19-21-24-27-29(26-23-12-9-6-3)28-25-22-20-18-16-14-11-8-5-2/h4-28H2,1-3H3. The van der Waals surface area contributed by atoms with Crippen LogP contribution in [0.25, 0.3) is 0 Å². The van der Waals surface area contributed by atoms with Crippen LogP contribution in [0.4, 0.5) is 0 Å². The van der Waals surface area contributed by atoms with E-state index in [-0.39, 0.29) is 0 Å². The number of unbranched alkanes of at least 4 members (excludes halogenated alkanes) is 19. The Morgan fingerprint density at radius 1 is 0.276 bits per heavy atom. The molecule has 0 saturated carbocycles. The van der Waals surface area contributed by atoms with Crippen LogP contribution >= 0.6 is 0 Å². The van der Waals surface area contributed by atoms with Gasteiger partial charge in [0.1, 0.15) is 0 Å². The van der Waals surface area contributed by atoms with Crippen molar-refractivity contribution in [2.24, 2.45) is 0 Å². The normalized spacial score (nSPS) is 11.6. The van der Waals surface area contributed by atoms with Crippen LogP contribution < -0.4 is 0 Å². The Labute approximate surface area is 186 Å². The number of nitrogens with zero attached hydrogens (tertiary/aromatic N) is 1. The van der Waals surface area contributed by atoms with Crippen LogP contribution in [0.15, 0.2) is 0 Å². The van der Waals surface area contributed by atoms with Gasteiger partial charge in [-0.15, -0.1) is 0 Å². The molecule has 0 spiro atoms. The van der Waals surface area contributed by atoms with E-state index >= 15 is 0 Å². The zero-order chi connectivity index (χ0) is 21.3. The highest BCUT2D eigenvalue weighted by Crippen LogP contribution is 2.13. The first-order chi connectivity index (χ1) is 14.3. The molecule has 0 aromatic carbocycles. The van der Waals surface area contributed by atoms with Gasteiger partial charge in [-0.25, -0.2) is 0 Å². The van der Waals surface area contributed by atoms with E-state index in [1.807, 2.05) is 0 Å². The van der Waals surface area contributed by atoms with Crippen LogP contribution in [0.2, 0.25) is 0 Å². The minimum Gasteiger partial charge on any atom is -0.303 e. The lowest BCUT2D eigenvalue weighted by Gasteiger charge is -2.22. The maximum Gasteiger partial charge on any atom is -0.00187 e. The highest BCUT2D eigenvalue weighted by Gasteiger charge is 2.05. The maximum atomic E-state index is 2.80. The van der Waals surface area contributed by atoms with E-state index in [4.69, 9.17) is 0 Å². The fraction of sp³-hybridized carbons (Fsp3) is 1.00. The molecule has 0 amide bonds. The van der Waals surface area contributed by atoms with E-state index < -0.39 is 0 Å². The zero-order valence-corrected chi connectivity index (χ0v) is 21.1. The van der Waals surface area contributed by atoms with Gasteiger partial charge in [-0.05, 0) is 38.9 Å². The van der Waals surface area contributed by atoms with Crippen LogP contribution in [-0.2, 0) is 0 Å². The summed E-state index contributed by atoms with van der Waals surface area (Å²) in [5, 5.41) is 0. The highest BCUT2D eigenvalue weighted by molar-refractivity contribution is 4.60. The molecule has 0 aromatic heterocycles. The monoisotopic (exact) mass is 409 g/mol. The predicted molar refractivity (Wildman–Crippen MR) is 135 cm³/mol. The summed E-state index contributed by atoms with van der Waals surface area (Å²) in [6.45, 7) is 11.0. The number of hydrogen-bond donors (Lipinski definition) is 0. The van der Waals surface area contributed by atoms with Crippen LogP contribution in [0.5, 0.6) is 0 Å². The molecule has 176 valence electrons. The Balaban J connectivity index is 3.69. The smallest absolute Gasteiger partial charge is 0.00187 e. The second-order valence-corrected chi connectivity index (χ2v) is 9.56. The molecule has 0 saturated heterocycles. The molecule has 1 nitrogen and oxygen atoms in total. The SMILES string of the molecule is CCCCCCCCCCCN(CCCCCC)CCCCCCCCCCC. The van der Waals surface area contributed by atoms with Gasteiger partial charge in [0.25, 0.3) is 0 Å². The van der Waals surface area contributed by atoms with E-state index in [9.17, 15) is 0 Å². The Hall–Kier alpha value is -0.0400. The van der Waals surface area contributed by atoms with Gasteiger partial charge in [0.05, 0.1) is 0 Å². The van der Waals surface area contributed by atoms with Crippen molar-refractivity contribution in [2.75, 3.05) is 19.6 Å². The molecule has 0 aliphatic carbocycles. The maximum absolute atomic E-state index is 2.80. The van der Waals surface area contributed by atoms with Gasteiger partial charge in [-0.1, -0.05) is 143 Å². The summed E-state index contributed by atoms with van der Waals surface area (Å²) in [6, 6.07) is 0. The molecular formula is C28H59N. The Morgan fingerprint density at radius 2 is 0.483 bits per heavy atom.